The molecule has 0 N–H and O–H groups in total. The Bertz CT molecular complexity index is 1300. The van der Waals surface area contributed by atoms with Crippen molar-refractivity contribution in [1.29, 1.82) is 0 Å². The normalized spacial score (nSPS) is 12.7. The molecule has 0 aliphatic heterocycles. The van der Waals surface area contributed by atoms with Crippen molar-refractivity contribution in [2.24, 2.45) is 0 Å². The Morgan fingerprint density at radius 3 is 0.970 bits per heavy atom. The first kappa shape index (κ1) is 63.6. The van der Waals surface area contributed by atoms with Crippen molar-refractivity contribution in [3.05, 3.63) is 85.1 Å². The number of allylic oxidation sites excluding steroid dienone is 13. The van der Waals surface area contributed by atoms with Gasteiger partial charge >= 0.3 is 17.9 Å². The molecule has 67 heavy (non-hydrogen) atoms. The maximum Gasteiger partial charge on any atom is 0.310 e. The lowest BCUT2D eigenvalue weighted by molar-refractivity contribution is -0.166. The highest BCUT2D eigenvalue weighted by molar-refractivity contribution is 5.72. The number of carbonyl (C=O) groups is 3. The monoisotopic (exact) mass is 933 g/mol. The van der Waals surface area contributed by atoms with E-state index in [0.717, 1.165) is 83.5 Å². The van der Waals surface area contributed by atoms with Crippen LogP contribution in [0.1, 0.15) is 265 Å². The van der Waals surface area contributed by atoms with E-state index in [1.54, 1.807) is 6.08 Å². The fraction of sp³-hybridized carbons (Fsp3) is 0.721. The van der Waals surface area contributed by atoms with Crippen LogP contribution in [0.3, 0.4) is 0 Å². The molecule has 0 aromatic carbocycles. The summed E-state index contributed by atoms with van der Waals surface area (Å²) in [6, 6.07) is 0. The summed E-state index contributed by atoms with van der Waals surface area (Å²) in [4.78, 5) is 38.0. The number of ether oxygens (including phenoxy) is 3. The summed E-state index contributed by atoms with van der Waals surface area (Å²) < 4.78 is 16.7. The highest BCUT2D eigenvalue weighted by Crippen LogP contribution is 2.14. The van der Waals surface area contributed by atoms with Crippen molar-refractivity contribution in [2.75, 3.05) is 13.2 Å². The fourth-order valence-corrected chi connectivity index (χ4v) is 7.68. The minimum absolute atomic E-state index is 0.0948. The van der Waals surface area contributed by atoms with Gasteiger partial charge in [-0.15, -0.1) is 0 Å². The van der Waals surface area contributed by atoms with Gasteiger partial charge in [-0.2, -0.15) is 0 Å². The summed E-state index contributed by atoms with van der Waals surface area (Å²) in [6.45, 7) is 6.43. The largest absolute Gasteiger partial charge is 0.462 e. The van der Waals surface area contributed by atoms with Gasteiger partial charge in [0.15, 0.2) is 6.10 Å². The number of unbranched alkanes of at least 4 members (excludes halogenated alkanes) is 26. The lowest BCUT2D eigenvalue weighted by Crippen LogP contribution is -2.30. The average Bonchev–Trinajstić information content (AvgIpc) is 3.33. The van der Waals surface area contributed by atoms with Crippen molar-refractivity contribution in [3.8, 4) is 0 Å². The van der Waals surface area contributed by atoms with Crippen molar-refractivity contribution in [2.45, 2.75) is 271 Å². The Balaban J connectivity index is 4.47. The van der Waals surface area contributed by atoms with Crippen molar-refractivity contribution < 1.29 is 28.6 Å². The van der Waals surface area contributed by atoms with E-state index in [0.29, 0.717) is 12.8 Å². The molecule has 0 rings (SSSR count). The SMILES string of the molecule is CC/C=C\C/C=C\C/C=C\C/C=C\C/C=C\CC(=O)OC(COC(=O)CCCCCCC/C=C\CCCCCCCC)COC(=O)CCCCCCCCCCC/C=C\CCCCCCCC. The molecule has 0 aliphatic carbocycles. The number of hydrogen-bond donors (Lipinski definition) is 0. The van der Waals surface area contributed by atoms with Crippen LogP contribution in [0.5, 0.6) is 0 Å². The van der Waals surface area contributed by atoms with Crippen LogP contribution in [0.15, 0.2) is 85.1 Å². The maximum absolute atomic E-state index is 12.8. The van der Waals surface area contributed by atoms with Crippen LogP contribution in [0.25, 0.3) is 0 Å². The predicted molar refractivity (Wildman–Crippen MR) is 288 cm³/mol. The van der Waals surface area contributed by atoms with Gasteiger partial charge in [0, 0.05) is 12.8 Å². The third-order valence-electron chi connectivity index (χ3n) is 11.9. The Morgan fingerprint density at radius 2 is 0.627 bits per heavy atom. The van der Waals surface area contributed by atoms with E-state index in [9.17, 15) is 14.4 Å². The van der Waals surface area contributed by atoms with Gasteiger partial charge in [0.25, 0.3) is 0 Å². The van der Waals surface area contributed by atoms with E-state index in [1.165, 1.54) is 141 Å². The van der Waals surface area contributed by atoms with E-state index in [1.807, 2.05) is 6.08 Å². The van der Waals surface area contributed by atoms with Crippen LogP contribution in [0, 0.1) is 0 Å². The van der Waals surface area contributed by atoms with Gasteiger partial charge in [0.2, 0.25) is 0 Å². The van der Waals surface area contributed by atoms with Gasteiger partial charge < -0.3 is 14.2 Å². The van der Waals surface area contributed by atoms with Crippen LogP contribution < -0.4 is 0 Å². The van der Waals surface area contributed by atoms with Crippen LogP contribution in [0.2, 0.25) is 0 Å². The molecule has 0 aliphatic rings. The molecule has 6 nitrogen and oxygen atoms in total. The van der Waals surface area contributed by atoms with E-state index in [-0.39, 0.29) is 31.6 Å². The second-order valence-electron chi connectivity index (χ2n) is 18.5. The quantitative estimate of drug-likeness (QED) is 0.0262. The number of rotatable bonds is 50. The second-order valence-corrected chi connectivity index (χ2v) is 18.5. The third-order valence-corrected chi connectivity index (χ3v) is 11.9. The molecular formula is C61H104O6. The van der Waals surface area contributed by atoms with E-state index in [2.05, 4.69) is 93.7 Å². The highest BCUT2D eigenvalue weighted by Gasteiger charge is 2.19. The van der Waals surface area contributed by atoms with Gasteiger partial charge in [-0.25, -0.2) is 0 Å². The molecule has 0 amide bonds. The topological polar surface area (TPSA) is 78.9 Å². The lowest BCUT2D eigenvalue weighted by atomic mass is 10.1. The van der Waals surface area contributed by atoms with Crippen molar-refractivity contribution in [3.63, 3.8) is 0 Å². The van der Waals surface area contributed by atoms with Gasteiger partial charge in [-0.3, -0.25) is 14.4 Å². The van der Waals surface area contributed by atoms with Gasteiger partial charge in [0.05, 0.1) is 6.42 Å². The Kier molecular flexibility index (Phi) is 52.4. The minimum Gasteiger partial charge on any atom is -0.462 e. The highest BCUT2D eigenvalue weighted by atomic mass is 16.6. The first-order valence-corrected chi connectivity index (χ1v) is 28.1. The Morgan fingerprint density at radius 1 is 0.328 bits per heavy atom. The summed E-state index contributed by atoms with van der Waals surface area (Å²) in [5, 5.41) is 0. The van der Waals surface area contributed by atoms with Crippen molar-refractivity contribution >= 4 is 17.9 Å². The summed E-state index contributed by atoms with van der Waals surface area (Å²) in [7, 11) is 0. The van der Waals surface area contributed by atoms with Crippen LogP contribution in [0.4, 0.5) is 0 Å². The molecule has 1 atom stereocenters. The molecule has 0 aromatic heterocycles. The molecule has 6 heteroatoms. The summed E-state index contributed by atoms with van der Waals surface area (Å²) in [5.74, 6) is -1.06. The van der Waals surface area contributed by atoms with E-state index < -0.39 is 12.1 Å². The zero-order chi connectivity index (χ0) is 48.6. The molecule has 0 aromatic rings. The molecule has 384 valence electrons. The molecule has 0 fully saturated rings. The van der Waals surface area contributed by atoms with E-state index in [4.69, 9.17) is 14.2 Å². The zero-order valence-corrected chi connectivity index (χ0v) is 43.9. The van der Waals surface area contributed by atoms with Crippen molar-refractivity contribution in [1.82, 2.24) is 0 Å². The average molecular weight is 933 g/mol. The first-order chi connectivity index (χ1) is 33.0. The van der Waals surface area contributed by atoms with Crippen LogP contribution in [-0.2, 0) is 28.6 Å². The molecule has 0 heterocycles. The summed E-state index contributed by atoms with van der Waals surface area (Å²) >= 11 is 0. The number of esters is 3. The van der Waals surface area contributed by atoms with Gasteiger partial charge in [-0.05, 0) is 96.3 Å². The molecule has 0 bridgehead atoms. The maximum atomic E-state index is 12.8. The molecular weight excluding hydrogens is 829 g/mol. The van der Waals surface area contributed by atoms with Crippen LogP contribution in [-0.4, -0.2) is 37.2 Å². The molecule has 0 radical (unpaired) electrons. The molecule has 1 unspecified atom stereocenters. The zero-order valence-electron chi connectivity index (χ0n) is 43.9. The number of carbonyl (C=O) groups excluding carboxylic acids is 3. The molecule has 0 spiro atoms. The second kappa shape index (κ2) is 55.2. The fourth-order valence-electron chi connectivity index (χ4n) is 7.68. The minimum atomic E-state index is -0.835. The smallest absolute Gasteiger partial charge is 0.310 e. The molecule has 0 saturated heterocycles. The predicted octanol–water partition coefficient (Wildman–Crippen LogP) is 18.8. The van der Waals surface area contributed by atoms with Gasteiger partial charge in [-0.1, -0.05) is 234 Å². The lowest BCUT2D eigenvalue weighted by Gasteiger charge is -2.18. The third kappa shape index (κ3) is 53.4. The number of hydrogen-bond acceptors (Lipinski definition) is 6. The summed E-state index contributed by atoms with van der Waals surface area (Å²) in [6.07, 6.45) is 71.7. The summed E-state index contributed by atoms with van der Waals surface area (Å²) in [5.41, 5.74) is 0. The molecule has 0 saturated carbocycles. The Labute approximate surface area is 414 Å². The van der Waals surface area contributed by atoms with Crippen LogP contribution >= 0.6 is 0 Å². The Hall–Kier alpha value is -3.41. The van der Waals surface area contributed by atoms with E-state index >= 15 is 0 Å². The van der Waals surface area contributed by atoms with Gasteiger partial charge in [0.1, 0.15) is 13.2 Å². The standard InChI is InChI=1S/C61H104O6/c1-4-7-10-13-16-19-22-25-28-29-30-31-34-36-39-42-45-48-51-54-60(63)66-57-58(67-61(64)55-52-49-46-43-40-37-33-27-24-21-18-15-12-9-6-3)56-65-59(62)53-50-47-44-41-38-35-32-26-23-20-17-14-11-8-5-2/h9,12,18,21,25-28,32-33,40,43,49,52,58H,4-8,10-11,13-17,19-20,22-24,29-31,34-39,41-42,44-48,50-51,53-57H2,1-3H3/b12-9-,21-18-,28-25-,32-26-,33-27-,43-40-,52-49-. The first-order valence-electron chi connectivity index (χ1n) is 28.1.